The van der Waals surface area contributed by atoms with Gasteiger partial charge in [0.2, 0.25) is 0 Å². The number of rotatable bonds is 4. The van der Waals surface area contributed by atoms with Crippen LogP contribution in [0, 0.1) is 0 Å². The Morgan fingerprint density at radius 1 is 1.33 bits per heavy atom. The monoisotopic (exact) mass is 236 g/mol. The lowest BCUT2D eigenvalue weighted by atomic mass is 10.1. The molecule has 0 radical (unpaired) electrons. The zero-order valence-corrected chi connectivity index (χ0v) is 7.65. The fraction of sp³-hybridized carbons (Fsp3) is 0.857. The van der Waals surface area contributed by atoms with E-state index in [9.17, 15) is 26.7 Å². The minimum Gasteiger partial charge on any atom is -0.466 e. The summed E-state index contributed by atoms with van der Waals surface area (Å²) in [5.41, 5.74) is 0. The summed E-state index contributed by atoms with van der Waals surface area (Å²) in [6.07, 6.45) is -10.4. The Kier molecular flexibility index (Phi) is 4.44. The molecule has 0 heterocycles. The third kappa shape index (κ3) is 3.61. The molecule has 0 aromatic rings. The van der Waals surface area contributed by atoms with E-state index in [0.717, 1.165) is 0 Å². The maximum atomic E-state index is 12.3. The van der Waals surface area contributed by atoms with Gasteiger partial charge in [0.15, 0.2) is 0 Å². The van der Waals surface area contributed by atoms with Crippen molar-refractivity contribution in [1.29, 1.82) is 0 Å². The molecule has 0 aliphatic carbocycles. The van der Waals surface area contributed by atoms with Gasteiger partial charge in [0, 0.05) is 0 Å². The van der Waals surface area contributed by atoms with Gasteiger partial charge >= 0.3 is 18.1 Å². The lowest BCUT2D eigenvalue weighted by Crippen LogP contribution is -2.47. The van der Waals surface area contributed by atoms with Gasteiger partial charge in [0.25, 0.3) is 0 Å². The highest BCUT2D eigenvalue weighted by atomic mass is 19.4. The molecule has 15 heavy (non-hydrogen) atoms. The van der Waals surface area contributed by atoms with E-state index in [-0.39, 0.29) is 6.61 Å². The van der Waals surface area contributed by atoms with E-state index < -0.39 is 30.6 Å². The van der Waals surface area contributed by atoms with Crippen molar-refractivity contribution in [1.82, 2.24) is 0 Å². The van der Waals surface area contributed by atoms with E-state index in [1.165, 1.54) is 6.92 Å². The number of aliphatic hydroxyl groups excluding tert-OH is 1. The summed E-state index contributed by atoms with van der Waals surface area (Å²) in [5, 5.41) is 8.54. The summed E-state index contributed by atoms with van der Waals surface area (Å²) >= 11 is 0. The SMILES string of the molecule is CCOC(=O)C[C@H](O)C(F)(F)C(F)(F)F. The van der Waals surface area contributed by atoms with Crippen LogP contribution in [0.1, 0.15) is 13.3 Å². The van der Waals surface area contributed by atoms with Gasteiger partial charge in [-0.3, -0.25) is 4.79 Å². The first kappa shape index (κ1) is 14.1. The first-order chi connectivity index (χ1) is 6.63. The molecule has 0 aliphatic heterocycles. The van der Waals surface area contributed by atoms with E-state index in [4.69, 9.17) is 5.11 Å². The van der Waals surface area contributed by atoms with Crippen LogP contribution in [0.2, 0.25) is 0 Å². The number of hydrogen-bond donors (Lipinski definition) is 1. The van der Waals surface area contributed by atoms with Gasteiger partial charge in [0.05, 0.1) is 13.0 Å². The molecule has 0 amide bonds. The molecule has 0 bridgehead atoms. The normalized spacial score (nSPS) is 14.9. The summed E-state index contributed by atoms with van der Waals surface area (Å²) < 4.78 is 63.8. The van der Waals surface area contributed by atoms with Crippen LogP contribution in [0.15, 0.2) is 0 Å². The lowest BCUT2D eigenvalue weighted by molar-refractivity contribution is -0.312. The molecule has 0 aromatic heterocycles. The number of carbonyl (C=O) groups excluding carboxylic acids is 1. The Morgan fingerprint density at radius 3 is 2.13 bits per heavy atom. The van der Waals surface area contributed by atoms with Crippen LogP contribution in [0.25, 0.3) is 0 Å². The fourth-order valence-electron chi connectivity index (χ4n) is 0.695. The van der Waals surface area contributed by atoms with Crippen molar-refractivity contribution >= 4 is 5.97 Å². The van der Waals surface area contributed by atoms with Gasteiger partial charge < -0.3 is 9.84 Å². The third-order valence-corrected chi connectivity index (χ3v) is 1.46. The van der Waals surface area contributed by atoms with E-state index in [1.807, 2.05) is 0 Å². The molecule has 1 atom stereocenters. The fourth-order valence-corrected chi connectivity index (χ4v) is 0.695. The number of aliphatic hydroxyl groups is 1. The second-order valence-corrected chi connectivity index (χ2v) is 2.65. The van der Waals surface area contributed by atoms with Crippen molar-refractivity contribution < 1.29 is 36.6 Å². The van der Waals surface area contributed by atoms with Gasteiger partial charge in [-0.2, -0.15) is 22.0 Å². The van der Waals surface area contributed by atoms with E-state index in [0.29, 0.717) is 0 Å². The Labute approximate surface area is 81.8 Å². The van der Waals surface area contributed by atoms with E-state index in [2.05, 4.69) is 4.74 Å². The molecular formula is C7H9F5O3. The molecule has 3 nitrogen and oxygen atoms in total. The van der Waals surface area contributed by atoms with Gasteiger partial charge in [-0.25, -0.2) is 0 Å². The average molecular weight is 236 g/mol. The van der Waals surface area contributed by atoms with Crippen molar-refractivity contribution in [2.75, 3.05) is 6.61 Å². The smallest absolute Gasteiger partial charge is 0.456 e. The maximum Gasteiger partial charge on any atom is 0.456 e. The van der Waals surface area contributed by atoms with Crippen LogP contribution in [0.3, 0.4) is 0 Å². The number of alkyl halides is 5. The standard InChI is InChI=1S/C7H9F5O3/c1-2-15-5(14)3-4(13)6(8,9)7(10,11)12/h4,13H,2-3H2,1H3/t4-/m0/s1. The highest BCUT2D eigenvalue weighted by molar-refractivity contribution is 5.70. The summed E-state index contributed by atoms with van der Waals surface area (Å²) in [6, 6.07) is 0. The number of halogens is 5. The topological polar surface area (TPSA) is 46.5 Å². The first-order valence-corrected chi connectivity index (χ1v) is 3.91. The molecule has 0 fully saturated rings. The van der Waals surface area contributed by atoms with Crippen molar-refractivity contribution in [3.05, 3.63) is 0 Å². The van der Waals surface area contributed by atoms with Gasteiger partial charge in [-0.15, -0.1) is 0 Å². The van der Waals surface area contributed by atoms with Gasteiger partial charge in [-0.1, -0.05) is 0 Å². The van der Waals surface area contributed by atoms with Crippen LogP contribution in [-0.2, 0) is 9.53 Å². The first-order valence-electron chi connectivity index (χ1n) is 3.91. The number of esters is 1. The van der Waals surface area contributed by atoms with E-state index >= 15 is 0 Å². The molecule has 0 aromatic carbocycles. The molecule has 90 valence electrons. The number of ether oxygens (including phenoxy) is 1. The minimum absolute atomic E-state index is 0.164. The van der Waals surface area contributed by atoms with Crippen LogP contribution in [0.5, 0.6) is 0 Å². The molecule has 0 aliphatic rings. The summed E-state index contributed by atoms with van der Waals surface area (Å²) in [6.45, 7) is 1.19. The van der Waals surface area contributed by atoms with Crippen molar-refractivity contribution in [2.45, 2.75) is 31.5 Å². The predicted molar refractivity (Wildman–Crippen MR) is 38.3 cm³/mol. The highest BCUT2D eigenvalue weighted by Gasteiger charge is 2.62. The second-order valence-electron chi connectivity index (χ2n) is 2.65. The van der Waals surface area contributed by atoms with Gasteiger partial charge in [-0.05, 0) is 6.92 Å². The van der Waals surface area contributed by atoms with Crippen LogP contribution in [0.4, 0.5) is 22.0 Å². The zero-order valence-electron chi connectivity index (χ0n) is 7.65. The average Bonchev–Trinajstić information content (AvgIpc) is 2.02. The second kappa shape index (κ2) is 4.73. The third-order valence-electron chi connectivity index (χ3n) is 1.46. The Morgan fingerprint density at radius 2 is 1.80 bits per heavy atom. The minimum atomic E-state index is -5.89. The molecule has 1 N–H and O–H groups in total. The highest BCUT2D eigenvalue weighted by Crippen LogP contribution is 2.39. The number of hydrogen-bond acceptors (Lipinski definition) is 3. The van der Waals surface area contributed by atoms with Crippen molar-refractivity contribution in [2.24, 2.45) is 0 Å². The predicted octanol–water partition coefficient (Wildman–Crippen LogP) is 1.50. The van der Waals surface area contributed by atoms with Gasteiger partial charge in [0.1, 0.15) is 6.10 Å². The summed E-state index contributed by atoms with van der Waals surface area (Å²) in [4.78, 5) is 10.5. The Balaban J connectivity index is 4.44. The molecule has 0 saturated heterocycles. The van der Waals surface area contributed by atoms with Crippen LogP contribution >= 0.6 is 0 Å². The van der Waals surface area contributed by atoms with Crippen LogP contribution < -0.4 is 0 Å². The largest absolute Gasteiger partial charge is 0.466 e. The molecule has 0 saturated carbocycles. The summed E-state index contributed by atoms with van der Waals surface area (Å²) in [5.74, 6) is -6.63. The zero-order chi connectivity index (χ0) is 12.3. The molecule has 0 spiro atoms. The lowest BCUT2D eigenvalue weighted by Gasteiger charge is -2.23. The Hall–Kier alpha value is -0.920. The molecule has 0 rings (SSSR count). The van der Waals surface area contributed by atoms with Crippen molar-refractivity contribution in [3.8, 4) is 0 Å². The van der Waals surface area contributed by atoms with Crippen LogP contribution in [-0.4, -0.2) is 35.9 Å². The summed E-state index contributed by atoms with van der Waals surface area (Å²) in [7, 11) is 0. The maximum absolute atomic E-state index is 12.3. The molecular weight excluding hydrogens is 227 g/mol. The number of carbonyl (C=O) groups is 1. The quantitative estimate of drug-likeness (QED) is 0.594. The molecule has 0 unspecified atom stereocenters. The Bertz CT molecular complexity index is 225. The molecule has 8 heteroatoms. The van der Waals surface area contributed by atoms with E-state index in [1.54, 1.807) is 0 Å². The van der Waals surface area contributed by atoms with Crippen molar-refractivity contribution in [3.63, 3.8) is 0 Å².